The van der Waals surface area contributed by atoms with E-state index >= 15 is 0 Å². The molecule has 0 spiro atoms. The Bertz CT molecular complexity index is 917. The molecule has 0 aliphatic carbocycles. The maximum Gasteiger partial charge on any atom is 0.417 e. The predicted molar refractivity (Wildman–Crippen MR) is 94.1 cm³/mol. The number of nitrogens with zero attached hydrogens (tertiary/aromatic N) is 2. The molecule has 0 amide bonds. The fourth-order valence-electron chi connectivity index (χ4n) is 2.96. The molecule has 1 aliphatic heterocycles. The standard InChI is InChI=1S/C20H16F4N2O/c1-26-11-15(8-13-4-6-25-7-5-13)19(27)16(12-26)9-14-2-3-17(21)10-18(14)20(22,23)24/h2-10H,11-12H2,1H3/b15-8?,16-9+. The summed E-state index contributed by atoms with van der Waals surface area (Å²) in [6, 6.07) is 5.91. The van der Waals surface area contributed by atoms with Gasteiger partial charge in [-0.15, -0.1) is 0 Å². The topological polar surface area (TPSA) is 33.2 Å². The van der Waals surface area contributed by atoms with Crippen molar-refractivity contribution in [3.8, 4) is 0 Å². The average Bonchev–Trinajstić information content (AvgIpc) is 2.60. The highest BCUT2D eigenvalue weighted by Gasteiger charge is 2.34. The third-order valence-corrected chi connectivity index (χ3v) is 4.16. The highest BCUT2D eigenvalue weighted by Crippen LogP contribution is 2.34. The van der Waals surface area contributed by atoms with E-state index in [1.165, 1.54) is 6.08 Å². The van der Waals surface area contributed by atoms with Crippen molar-refractivity contribution >= 4 is 17.9 Å². The number of aromatic nitrogens is 1. The van der Waals surface area contributed by atoms with Crippen molar-refractivity contribution in [3.05, 3.63) is 76.4 Å². The Morgan fingerprint density at radius 2 is 1.67 bits per heavy atom. The van der Waals surface area contributed by atoms with Gasteiger partial charge in [0.05, 0.1) is 5.56 Å². The Hall–Kier alpha value is -2.80. The zero-order valence-electron chi connectivity index (χ0n) is 14.4. The molecule has 1 aromatic heterocycles. The molecule has 3 nitrogen and oxygen atoms in total. The number of halogens is 4. The minimum Gasteiger partial charge on any atom is -0.298 e. The Labute approximate surface area is 153 Å². The summed E-state index contributed by atoms with van der Waals surface area (Å²) < 4.78 is 52.9. The van der Waals surface area contributed by atoms with Gasteiger partial charge in [-0.1, -0.05) is 6.07 Å². The van der Waals surface area contributed by atoms with Crippen LogP contribution in [-0.4, -0.2) is 35.8 Å². The molecule has 2 aromatic rings. The first kappa shape index (κ1) is 19.0. The maximum atomic E-state index is 13.3. The maximum absolute atomic E-state index is 13.3. The van der Waals surface area contributed by atoms with E-state index in [-0.39, 0.29) is 23.5 Å². The van der Waals surface area contributed by atoms with Crippen LogP contribution in [-0.2, 0) is 11.0 Å². The third kappa shape index (κ3) is 4.49. The van der Waals surface area contributed by atoms with Gasteiger partial charge in [-0.05, 0) is 54.6 Å². The minimum atomic E-state index is -4.71. The summed E-state index contributed by atoms with van der Waals surface area (Å²) in [5.74, 6) is -1.29. The second-order valence-corrected chi connectivity index (χ2v) is 6.35. The van der Waals surface area contributed by atoms with Crippen LogP contribution < -0.4 is 0 Å². The van der Waals surface area contributed by atoms with Gasteiger partial charge in [0.15, 0.2) is 5.78 Å². The summed E-state index contributed by atoms with van der Waals surface area (Å²) >= 11 is 0. The lowest BCUT2D eigenvalue weighted by atomic mass is 9.93. The van der Waals surface area contributed by atoms with Gasteiger partial charge in [-0.3, -0.25) is 14.7 Å². The molecule has 3 rings (SSSR count). The van der Waals surface area contributed by atoms with Crippen LogP contribution in [0.5, 0.6) is 0 Å². The van der Waals surface area contributed by atoms with Crippen LogP contribution in [0.15, 0.2) is 53.9 Å². The minimum absolute atomic E-state index is 0.210. The van der Waals surface area contributed by atoms with Crippen LogP contribution in [0, 0.1) is 5.82 Å². The lowest BCUT2D eigenvalue weighted by Crippen LogP contribution is -2.34. The molecule has 27 heavy (non-hydrogen) atoms. The number of likely N-dealkylation sites (tertiary alicyclic amines) is 1. The van der Waals surface area contributed by atoms with Crippen LogP contribution in [0.25, 0.3) is 12.2 Å². The van der Waals surface area contributed by atoms with Crippen molar-refractivity contribution in [2.24, 2.45) is 0 Å². The average molecular weight is 376 g/mol. The van der Waals surface area contributed by atoms with E-state index in [1.807, 2.05) is 4.90 Å². The number of ketones is 1. The van der Waals surface area contributed by atoms with Gasteiger partial charge >= 0.3 is 6.18 Å². The quantitative estimate of drug-likeness (QED) is 0.581. The third-order valence-electron chi connectivity index (χ3n) is 4.16. The number of piperidine rings is 1. The van der Waals surface area contributed by atoms with Gasteiger partial charge in [0, 0.05) is 36.6 Å². The Balaban J connectivity index is 2.02. The smallest absolute Gasteiger partial charge is 0.298 e. The number of alkyl halides is 3. The number of hydrogen-bond donors (Lipinski definition) is 0. The lowest BCUT2D eigenvalue weighted by molar-refractivity contribution is -0.138. The number of rotatable bonds is 2. The Kier molecular flexibility index (Phi) is 5.23. The predicted octanol–water partition coefficient (Wildman–Crippen LogP) is 4.22. The zero-order valence-corrected chi connectivity index (χ0v) is 14.4. The van der Waals surface area contributed by atoms with Gasteiger partial charge in [0.2, 0.25) is 0 Å². The molecular weight excluding hydrogens is 360 g/mol. The van der Waals surface area contributed by atoms with E-state index in [1.54, 1.807) is 37.7 Å². The Morgan fingerprint density at radius 3 is 2.30 bits per heavy atom. The first-order chi connectivity index (χ1) is 12.7. The Morgan fingerprint density at radius 1 is 1.04 bits per heavy atom. The van der Waals surface area contributed by atoms with E-state index in [2.05, 4.69) is 4.98 Å². The van der Waals surface area contributed by atoms with E-state index in [9.17, 15) is 22.4 Å². The molecule has 1 aliphatic rings. The van der Waals surface area contributed by atoms with Gasteiger partial charge in [0.25, 0.3) is 0 Å². The number of carbonyl (C=O) groups excluding carboxylic acids is 1. The van der Waals surface area contributed by atoms with Gasteiger partial charge in [0.1, 0.15) is 5.82 Å². The molecule has 0 bridgehead atoms. The van der Waals surface area contributed by atoms with Crippen LogP contribution in [0.1, 0.15) is 16.7 Å². The summed E-state index contributed by atoms with van der Waals surface area (Å²) in [5.41, 5.74) is 0.139. The van der Waals surface area contributed by atoms with Crippen molar-refractivity contribution in [2.75, 3.05) is 20.1 Å². The summed E-state index contributed by atoms with van der Waals surface area (Å²) in [4.78, 5) is 18.5. The summed E-state index contributed by atoms with van der Waals surface area (Å²) in [6.45, 7) is 0.592. The van der Waals surface area contributed by atoms with Crippen molar-refractivity contribution in [2.45, 2.75) is 6.18 Å². The molecule has 1 fully saturated rings. The summed E-state index contributed by atoms with van der Waals surface area (Å²) in [7, 11) is 1.77. The van der Waals surface area contributed by atoms with E-state index in [4.69, 9.17) is 0 Å². The molecule has 0 saturated carbocycles. The number of Topliss-reactive ketones (excluding diaryl/α,β-unsaturated/α-hetero) is 1. The molecule has 140 valence electrons. The van der Waals surface area contributed by atoms with Crippen LogP contribution in [0.4, 0.5) is 17.6 Å². The zero-order chi connectivity index (χ0) is 19.6. The summed E-state index contributed by atoms with van der Waals surface area (Å²) in [6.07, 6.45) is 1.36. The van der Waals surface area contributed by atoms with Gasteiger partial charge in [-0.2, -0.15) is 13.2 Å². The van der Waals surface area contributed by atoms with Gasteiger partial charge in [-0.25, -0.2) is 4.39 Å². The molecule has 7 heteroatoms. The first-order valence-electron chi connectivity index (χ1n) is 8.15. The second kappa shape index (κ2) is 7.44. The molecule has 0 radical (unpaired) electrons. The van der Waals surface area contributed by atoms with Crippen molar-refractivity contribution < 1.29 is 22.4 Å². The number of benzene rings is 1. The summed E-state index contributed by atoms with van der Waals surface area (Å²) in [5, 5.41) is 0. The molecule has 0 unspecified atom stereocenters. The van der Waals surface area contributed by atoms with Crippen LogP contribution in [0.3, 0.4) is 0 Å². The SMILES string of the molecule is CN1CC(=Cc2ccncc2)C(=O)/C(=C/c2ccc(F)cc2C(F)(F)F)C1. The highest BCUT2D eigenvalue weighted by atomic mass is 19.4. The second-order valence-electron chi connectivity index (χ2n) is 6.35. The fraction of sp³-hybridized carbons (Fsp3) is 0.200. The molecule has 1 aromatic carbocycles. The normalized spacial score (nSPS) is 19.1. The number of hydrogen-bond acceptors (Lipinski definition) is 3. The van der Waals surface area contributed by atoms with E-state index < -0.39 is 17.6 Å². The molecular formula is C20H16F4N2O. The number of pyridine rings is 1. The van der Waals surface area contributed by atoms with E-state index in [0.29, 0.717) is 18.2 Å². The number of likely N-dealkylation sites (N-methyl/N-ethyl adjacent to an activating group) is 1. The molecule has 1 saturated heterocycles. The monoisotopic (exact) mass is 376 g/mol. The fourth-order valence-corrected chi connectivity index (χ4v) is 2.96. The lowest BCUT2D eigenvalue weighted by Gasteiger charge is -2.26. The largest absolute Gasteiger partial charge is 0.417 e. The highest BCUT2D eigenvalue weighted by molar-refractivity contribution is 6.14. The first-order valence-corrected chi connectivity index (χ1v) is 8.15. The molecule has 2 heterocycles. The van der Waals surface area contributed by atoms with Crippen LogP contribution >= 0.6 is 0 Å². The molecule has 0 atom stereocenters. The van der Waals surface area contributed by atoms with Crippen molar-refractivity contribution in [3.63, 3.8) is 0 Å². The van der Waals surface area contributed by atoms with Gasteiger partial charge < -0.3 is 0 Å². The van der Waals surface area contributed by atoms with Crippen molar-refractivity contribution in [1.82, 2.24) is 9.88 Å². The number of carbonyl (C=O) groups is 1. The molecule has 0 N–H and O–H groups in total. The van der Waals surface area contributed by atoms with E-state index in [0.717, 1.165) is 17.7 Å². The van der Waals surface area contributed by atoms with Crippen LogP contribution in [0.2, 0.25) is 0 Å². The van der Waals surface area contributed by atoms with Crippen molar-refractivity contribution in [1.29, 1.82) is 0 Å².